The van der Waals surface area contributed by atoms with E-state index in [0.29, 0.717) is 16.3 Å². The Morgan fingerprint density at radius 3 is 2.46 bits per heavy atom. The largest absolute Gasteiger partial charge is 0.454 e. The van der Waals surface area contributed by atoms with Crippen molar-refractivity contribution in [1.82, 2.24) is 0 Å². The van der Waals surface area contributed by atoms with Crippen LogP contribution in [0.3, 0.4) is 0 Å². The molecule has 1 aliphatic rings. The van der Waals surface area contributed by atoms with Gasteiger partial charge in [-0.05, 0) is 65.8 Å². The molecule has 1 aliphatic carbocycles. The van der Waals surface area contributed by atoms with Crippen molar-refractivity contribution in [2.75, 3.05) is 0 Å². The molecule has 1 saturated carbocycles. The van der Waals surface area contributed by atoms with E-state index in [-0.39, 0.29) is 23.0 Å². The first kappa shape index (κ1) is 24.5. The summed E-state index contributed by atoms with van der Waals surface area (Å²) in [5.41, 5.74) is 2.09. The number of esters is 1. The van der Waals surface area contributed by atoms with Crippen LogP contribution in [-0.2, 0) is 9.53 Å². The monoisotopic (exact) mass is 489 g/mol. The minimum Gasteiger partial charge on any atom is -0.454 e. The van der Waals surface area contributed by atoms with E-state index in [2.05, 4.69) is 6.08 Å². The lowest BCUT2D eigenvalue weighted by molar-refractivity contribution is -0.149. The number of carbonyl (C=O) groups excluding carboxylic acids is 1. The molecule has 0 bridgehead atoms. The maximum Gasteiger partial charge on any atom is 0.311 e. The average molecular weight is 490 g/mol. The van der Waals surface area contributed by atoms with E-state index >= 15 is 0 Å². The van der Waals surface area contributed by atoms with Crippen molar-refractivity contribution < 1.29 is 18.7 Å². The van der Waals surface area contributed by atoms with Gasteiger partial charge in [-0.3, -0.25) is 4.79 Å². The Bertz CT molecular complexity index is 1300. The molecule has 0 aliphatic heterocycles. The van der Waals surface area contributed by atoms with E-state index in [0.717, 1.165) is 11.1 Å². The second-order valence-electron chi connectivity index (χ2n) is 9.23. The predicted octanol–water partition coefficient (Wildman–Crippen LogP) is 7.75. The van der Waals surface area contributed by atoms with Gasteiger partial charge < -0.3 is 9.47 Å². The number of para-hydroxylation sites is 1. The Morgan fingerprint density at radius 2 is 1.80 bits per heavy atom. The van der Waals surface area contributed by atoms with Gasteiger partial charge in [0.15, 0.2) is 11.6 Å². The number of hydrogen-bond donors (Lipinski definition) is 0. The summed E-state index contributed by atoms with van der Waals surface area (Å²) in [6.45, 7) is 5.99. The van der Waals surface area contributed by atoms with Crippen LogP contribution in [0.15, 0.2) is 78.9 Å². The molecule has 0 amide bonds. The average Bonchev–Trinajstić information content (AvgIpc) is 3.39. The fraction of sp³-hybridized carbons (Fsp3) is 0.241. The molecule has 0 spiro atoms. The van der Waals surface area contributed by atoms with Crippen molar-refractivity contribution in [3.8, 4) is 17.6 Å². The van der Waals surface area contributed by atoms with Gasteiger partial charge in [-0.15, -0.1) is 0 Å². The standard InChI is InChI=1S/C29H25ClFNO3/c1-18(19-9-12-21(30)13-10-19)15-23-27(29(23,2)3)28(33)35-26(17-32)20-11-14-24(31)25(16-20)34-22-7-5-4-6-8-22/h4-16,23,26-27H,1-3H3/b18-15+. The summed E-state index contributed by atoms with van der Waals surface area (Å²) in [6.07, 6.45) is 0.889. The van der Waals surface area contributed by atoms with E-state index < -0.39 is 17.9 Å². The van der Waals surface area contributed by atoms with Gasteiger partial charge in [-0.25, -0.2) is 4.39 Å². The van der Waals surface area contributed by atoms with Gasteiger partial charge in [-0.2, -0.15) is 5.26 Å². The summed E-state index contributed by atoms with van der Waals surface area (Å²) in [5.74, 6) is -1.04. The zero-order valence-corrected chi connectivity index (χ0v) is 20.4. The molecular formula is C29H25ClFNO3. The van der Waals surface area contributed by atoms with Crippen LogP contribution in [-0.4, -0.2) is 5.97 Å². The Labute approximate surface area is 209 Å². The van der Waals surface area contributed by atoms with Crippen molar-refractivity contribution in [2.24, 2.45) is 17.3 Å². The fourth-order valence-corrected chi connectivity index (χ4v) is 4.38. The van der Waals surface area contributed by atoms with E-state index in [4.69, 9.17) is 21.1 Å². The van der Waals surface area contributed by atoms with Gasteiger partial charge in [0.2, 0.25) is 6.10 Å². The lowest BCUT2D eigenvalue weighted by atomic mass is 10.0. The second-order valence-corrected chi connectivity index (χ2v) is 9.67. The lowest BCUT2D eigenvalue weighted by Gasteiger charge is -2.14. The number of nitriles is 1. The van der Waals surface area contributed by atoms with Gasteiger partial charge in [0.25, 0.3) is 0 Å². The Morgan fingerprint density at radius 1 is 1.11 bits per heavy atom. The molecule has 178 valence electrons. The Balaban J connectivity index is 1.49. The SMILES string of the molecule is C/C(=C\C1C(C(=O)OC(C#N)c2ccc(F)c(Oc3ccccc3)c2)C1(C)C)c1ccc(Cl)cc1. The van der Waals surface area contributed by atoms with Gasteiger partial charge in [0, 0.05) is 10.6 Å². The second kappa shape index (κ2) is 9.93. The van der Waals surface area contributed by atoms with Crippen LogP contribution in [0, 0.1) is 34.4 Å². The predicted molar refractivity (Wildman–Crippen MR) is 133 cm³/mol. The van der Waals surface area contributed by atoms with Crippen LogP contribution in [0.4, 0.5) is 4.39 Å². The van der Waals surface area contributed by atoms with Crippen LogP contribution in [0.5, 0.6) is 11.5 Å². The molecule has 0 aromatic heterocycles. The topological polar surface area (TPSA) is 59.3 Å². The number of benzene rings is 3. The molecule has 3 unspecified atom stereocenters. The highest BCUT2D eigenvalue weighted by Gasteiger charge is 2.61. The Hall–Kier alpha value is -3.62. The quantitative estimate of drug-likeness (QED) is 0.318. The number of halogens is 2. The molecule has 35 heavy (non-hydrogen) atoms. The van der Waals surface area contributed by atoms with Crippen molar-refractivity contribution in [3.05, 3.63) is 101 Å². The third kappa shape index (κ3) is 5.39. The number of allylic oxidation sites excluding steroid dienone is 2. The first-order valence-electron chi connectivity index (χ1n) is 11.3. The highest BCUT2D eigenvalue weighted by atomic mass is 35.5. The van der Waals surface area contributed by atoms with Crippen LogP contribution in [0.25, 0.3) is 5.57 Å². The molecule has 0 radical (unpaired) electrons. The first-order chi connectivity index (χ1) is 16.7. The number of rotatable bonds is 7. The summed E-state index contributed by atoms with van der Waals surface area (Å²) in [4.78, 5) is 13.1. The van der Waals surface area contributed by atoms with Crippen molar-refractivity contribution in [3.63, 3.8) is 0 Å². The number of nitrogens with zero attached hydrogens (tertiary/aromatic N) is 1. The molecular weight excluding hydrogens is 465 g/mol. The summed E-state index contributed by atoms with van der Waals surface area (Å²) >= 11 is 5.98. The van der Waals surface area contributed by atoms with Crippen LogP contribution in [0.2, 0.25) is 5.02 Å². The van der Waals surface area contributed by atoms with E-state index in [1.54, 1.807) is 24.3 Å². The van der Waals surface area contributed by atoms with Crippen LogP contribution in [0.1, 0.15) is 38.0 Å². The highest BCUT2D eigenvalue weighted by Crippen LogP contribution is 2.60. The third-order valence-corrected chi connectivity index (χ3v) is 6.73. The lowest BCUT2D eigenvalue weighted by Crippen LogP contribution is -2.14. The minimum absolute atomic E-state index is 0.0322. The maximum atomic E-state index is 14.3. The third-order valence-electron chi connectivity index (χ3n) is 6.47. The molecule has 0 saturated heterocycles. The summed E-state index contributed by atoms with van der Waals surface area (Å²) < 4.78 is 25.5. The molecule has 0 heterocycles. The smallest absolute Gasteiger partial charge is 0.311 e. The zero-order valence-electron chi connectivity index (χ0n) is 19.7. The first-order valence-corrected chi connectivity index (χ1v) is 11.7. The Kier molecular flexibility index (Phi) is 6.95. The van der Waals surface area contributed by atoms with E-state index in [1.165, 1.54) is 18.2 Å². The molecule has 1 fully saturated rings. The van der Waals surface area contributed by atoms with Gasteiger partial charge >= 0.3 is 5.97 Å². The molecule has 4 rings (SSSR count). The number of ether oxygens (including phenoxy) is 2. The number of carbonyl (C=O) groups is 1. The fourth-order valence-electron chi connectivity index (χ4n) is 4.25. The van der Waals surface area contributed by atoms with Gasteiger partial charge in [-0.1, -0.05) is 67.9 Å². The van der Waals surface area contributed by atoms with Gasteiger partial charge in [0.1, 0.15) is 11.8 Å². The van der Waals surface area contributed by atoms with Crippen LogP contribution < -0.4 is 4.74 Å². The van der Waals surface area contributed by atoms with Crippen molar-refractivity contribution in [2.45, 2.75) is 26.9 Å². The maximum absolute atomic E-state index is 14.3. The van der Waals surface area contributed by atoms with Gasteiger partial charge in [0.05, 0.1) is 5.92 Å². The zero-order chi connectivity index (χ0) is 25.2. The molecule has 3 atom stereocenters. The summed E-state index contributed by atoms with van der Waals surface area (Å²) in [7, 11) is 0. The highest BCUT2D eigenvalue weighted by molar-refractivity contribution is 6.30. The van der Waals surface area contributed by atoms with E-state index in [9.17, 15) is 14.4 Å². The summed E-state index contributed by atoms with van der Waals surface area (Å²) in [6, 6.07) is 22.3. The number of hydrogen-bond acceptors (Lipinski definition) is 4. The van der Waals surface area contributed by atoms with Crippen molar-refractivity contribution in [1.29, 1.82) is 5.26 Å². The van der Waals surface area contributed by atoms with E-state index in [1.807, 2.05) is 57.2 Å². The van der Waals surface area contributed by atoms with Crippen molar-refractivity contribution >= 4 is 23.1 Å². The molecule has 6 heteroatoms. The molecule has 3 aromatic rings. The minimum atomic E-state index is -1.18. The van der Waals surface area contributed by atoms with Crippen LogP contribution >= 0.6 is 11.6 Å². The molecule has 4 nitrogen and oxygen atoms in total. The molecule has 3 aromatic carbocycles. The molecule has 0 N–H and O–H groups in total. The normalized spacial score (nSPS) is 19.4. The summed E-state index contributed by atoms with van der Waals surface area (Å²) in [5, 5.41) is 10.4.